The van der Waals surface area contributed by atoms with Gasteiger partial charge in [0.25, 0.3) is 5.88 Å². The van der Waals surface area contributed by atoms with E-state index in [9.17, 15) is 9.90 Å². The largest absolute Gasteiger partial charge is 0.481 e. The summed E-state index contributed by atoms with van der Waals surface area (Å²) in [6, 6.07) is 8.51. The summed E-state index contributed by atoms with van der Waals surface area (Å²) in [5, 5.41) is 17.7. The monoisotopic (exact) mass is 574 g/mol. The van der Waals surface area contributed by atoms with Gasteiger partial charge in [0.1, 0.15) is 11.9 Å². The van der Waals surface area contributed by atoms with Crippen LogP contribution in [-0.4, -0.2) is 31.9 Å². The van der Waals surface area contributed by atoms with Crippen LogP contribution in [0.4, 0.5) is 11.5 Å². The van der Waals surface area contributed by atoms with E-state index >= 15 is 0 Å². The van der Waals surface area contributed by atoms with Crippen molar-refractivity contribution < 1.29 is 14.6 Å². The molecule has 8 heteroatoms. The molecule has 2 atom stereocenters. The first-order chi connectivity index (χ1) is 16.1. The number of halogens is 1. The van der Waals surface area contributed by atoms with Crippen LogP contribution >= 0.6 is 22.6 Å². The molecule has 2 unspecified atom stereocenters. The highest BCUT2D eigenvalue weighted by Gasteiger charge is 2.42. The number of carbonyl (C=O) groups is 1. The lowest BCUT2D eigenvalue weighted by atomic mass is 9.68. The molecular weight excluding hydrogens is 543 g/mol. The molecule has 2 N–H and O–H groups in total. The molecule has 0 bridgehead atoms. The average Bonchev–Trinajstić information content (AvgIpc) is 3.55. The minimum Gasteiger partial charge on any atom is -0.481 e. The van der Waals surface area contributed by atoms with E-state index in [1.807, 2.05) is 33.0 Å². The van der Waals surface area contributed by atoms with Crippen molar-refractivity contribution in [3.63, 3.8) is 0 Å². The maximum Gasteiger partial charge on any atom is 0.307 e. The molecule has 34 heavy (non-hydrogen) atoms. The van der Waals surface area contributed by atoms with Crippen molar-refractivity contribution in [3.8, 4) is 5.88 Å². The zero-order valence-electron chi connectivity index (χ0n) is 20.1. The van der Waals surface area contributed by atoms with Crippen LogP contribution in [0.15, 0.2) is 24.3 Å². The van der Waals surface area contributed by atoms with Crippen LogP contribution in [-0.2, 0) is 11.8 Å². The quantitative estimate of drug-likeness (QED) is 0.343. The number of carboxylic acid groups (broad SMARTS) is 1. The number of hydrogen-bond acceptors (Lipinski definition) is 5. The van der Waals surface area contributed by atoms with Gasteiger partial charge in [0, 0.05) is 16.3 Å². The van der Waals surface area contributed by atoms with Crippen LogP contribution < -0.4 is 10.1 Å². The van der Waals surface area contributed by atoms with E-state index in [0.717, 1.165) is 22.5 Å². The SMILES string of the molecule is Cc1cc(Nc2ccc3c(n2)c(OC2CCC(C(=O)O)C(C)(C)C2)nn3C)c(C2CC2)cc1I. The van der Waals surface area contributed by atoms with E-state index in [1.165, 1.54) is 27.5 Å². The minimum absolute atomic E-state index is 0.0811. The summed E-state index contributed by atoms with van der Waals surface area (Å²) in [7, 11) is 1.89. The lowest BCUT2D eigenvalue weighted by molar-refractivity contribution is -0.149. The molecule has 2 aliphatic carbocycles. The Morgan fingerprint density at radius 3 is 2.68 bits per heavy atom. The van der Waals surface area contributed by atoms with Crippen molar-refractivity contribution in [2.75, 3.05) is 5.32 Å². The third-order valence-corrected chi connectivity index (χ3v) is 8.49. The molecule has 1 aromatic carbocycles. The van der Waals surface area contributed by atoms with Gasteiger partial charge in [-0.2, -0.15) is 0 Å². The molecule has 0 amide bonds. The number of fused-ring (bicyclic) bond motifs is 1. The van der Waals surface area contributed by atoms with Crippen molar-refractivity contribution >= 4 is 51.1 Å². The van der Waals surface area contributed by atoms with E-state index < -0.39 is 5.97 Å². The van der Waals surface area contributed by atoms with Crippen LogP contribution in [0.1, 0.15) is 63.0 Å². The Hall–Kier alpha value is -2.36. The van der Waals surface area contributed by atoms with Crippen LogP contribution in [0, 0.1) is 21.8 Å². The number of aromatic nitrogens is 3. The van der Waals surface area contributed by atoms with E-state index in [2.05, 4.69) is 52.1 Å². The summed E-state index contributed by atoms with van der Waals surface area (Å²) in [6.45, 7) is 6.16. The summed E-state index contributed by atoms with van der Waals surface area (Å²) in [5.41, 5.74) is 5.02. The number of pyridine rings is 1. The van der Waals surface area contributed by atoms with Crippen LogP contribution in [0.2, 0.25) is 0 Å². The molecule has 0 aliphatic heterocycles. The topological polar surface area (TPSA) is 89.3 Å². The van der Waals surface area contributed by atoms with Crippen molar-refractivity contribution in [3.05, 3.63) is 39.0 Å². The van der Waals surface area contributed by atoms with Crippen molar-refractivity contribution in [2.45, 2.75) is 64.9 Å². The number of anilines is 2. The fourth-order valence-corrected chi connectivity index (χ4v) is 5.71. The third-order valence-electron chi connectivity index (χ3n) is 7.33. The molecular formula is C26H31IN4O3. The highest BCUT2D eigenvalue weighted by atomic mass is 127. The number of carboxylic acids is 1. The first-order valence-corrected chi connectivity index (χ1v) is 13.0. The number of benzene rings is 1. The Kier molecular flexibility index (Phi) is 5.98. The van der Waals surface area contributed by atoms with Gasteiger partial charge in [-0.1, -0.05) is 13.8 Å². The number of hydrogen-bond donors (Lipinski definition) is 2. The zero-order valence-corrected chi connectivity index (χ0v) is 22.2. The molecule has 0 radical (unpaired) electrons. The molecule has 2 fully saturated rings. The molecule has 2 aliphatic rings. The molecule has 2 aromatic heterocycles. The van der Waals surface area contributed by atoms with Crippen molar-refractivity contribution in [1.82, 2.24) is 14.8 Å². The van der Waals surface area contributed by atoms with Crippen molar-refractivity contribution in [1.29, 1.82) is 0 Å². The van der Waals surface area contributed by atoms with Gasteiger partial charge < -0.3 is 15.2 Å². The summed E-state index contributed by atoms with van der Waals surface area (Å²) in [6.07, 6.45) is 4.37. The smallest absolute Gasteiger partial charge is 0.307 e. The molecule has 3 aromatic rings. The Balaban J connectivity index is 1.42. The van der Waals surface area contributed by atoms with Gasteiger partial charge in [0.05, 0.1) is 11.4 Å². The molecule has 5 rings (SSSR count). The number of ether oxygens (including phenoxy) is 1. The summed E-state index contributed by atoms with van der Waals surface area (Å²) >= 11 is 2.41. The van der Waals surface area contributed by atoms with Gasteiger partial charge >= 0.3 is 5.97 Å². The van der Waals surface area contributed by atoms with Crippen LogP contribution in [0.5, 0.6) is 5.88 Å². The van der Waals surface area contributed by atoms with Gasteiger partial charge in [0.15, 0.2) is 5.52 Å². The summed E-state index contributed by atoms with van der Waals surface area (Å²) < 4.78 is 9.43. The Bertz CT molecular complexity index is 1260. The molecule has 2 saturated carbocycles. The normalized spacial score (nSPS) is 22.0. The van der Waals surface area contributed by atoms with Crippen molar-refractivity contribution in [2.24, 2.45) is 18.4 Å². The maximum absolute atomic E-state index is 11.6. The van der Waals surface area contributed by atoms with E-state index in [-0.39, 0.29) is 17.4 Å². The lowest BCUT2D eigenvalue weighted by Gasteiger charge is -2.39. The lowest BCUT2D eigenvalue weighted by Crippen LogP contribution is -2.41. The predicted molar refractivity (Wildman–Crippen MR) is 141 cm³/mol. The summed E-state index contributed by atoms with van der Waals surface area (Å²) in [5.74, 6) is 0.835. The maximum atomic E-state index is 11.6. The van der Waals surface area contributed by atoms with Gasteiger partial charge in [-0.25, -0.2) is 4.98 Å². The second-order valence-corrected chi connectivity index (χ2v) is 11.6. The molecule has 7 nitrogen and oxygen atoms in total. The fraction of sp³-hybridized carbons (Fsp3) is 0.500. The standard InChI is InChI=1S/C26H31IN4O3/c1-14-11-20(17(12-19(14)27)15-5-6-15)28-22-10-9-21-23(29-22)24(30-31(21)4)34-16-7-8-18(25(32)33)26(2,3)13-16/h9-12,15-16,18H,5-8,13H2,1-4H3,(H,28,29)(H,32,33). The van der Waals surface area contributed by atoms with Crippen LogP contribution in [0.25, 0.3) is 11.0 Å². The number of aliphatic carboxylic acids is 1. The highest BCUT2D eigenvalue weighted by molar-refractivity contribution is 14.1. The van der Waals surface area contributed by atoms with Crippen LogP contribution in [0.3, 0.4) is 0 Å². The predicted octanol–water partition coefficient (Wildman–Crippen LogP) is 6.16. The second kappa shape index (κ2) is 8.70. The Labute approximate surface area is 213 Å². The Morgan fingerprint density at radius 2 is 2.00 bits per heavy atom. The first-order valence-electron chi connectivity index (χ1n) is 11.9. The first kappa shape index (κ1) is 23.4. The number of nitrogens with one attached hydrogen (secondary N) is 1. The number of nitrogens with zero attached hydrogens (tertiary/aromatic N) is 3. The average molecular weight is 574 g/mol. The van der Waals surface area contributed by atoms with Gasteiger partial charge in [-0.15, -0.1) is 5.10 Å². The number of aryl methyl sites for hydroxylation is 2. The Morgan fingerprint density at radius 1 is 1.24 bits per heavy atom. The minimum atomic E-state index is -0.722. The molecule has 180 valence electrons. The molecule has 2 heterocycles. The molecule has 0 saturated heterocycles. The summed E-state index contributed by atoms with van der Waals surface area (Å²) in [4.78, 5) is 16.5. The fourth-order valence-electron chi connectivity index (χ4n) is 5.22. The van der Waals surface area contributed by atoms with Gasteiger partial charge in [-0.05, 0) is 108 Å². The van der Waals surface area contributed by atoms with E-state index in [1.54, 1.807) is 4.68 Å². The molecule has 0 spiro atoms. The van der Waals surface area contributed by atoms with Gasteiger partial charge in [-0.3, -0.25) is 9.48 Å². The zero-order chi connectivity index (χ0) is 24.2. The second-order valence-electron chi connectivity index (χ2n) is 10.5. The van der Waals surface area contributed by atoms with E-state index in [0.29, 0.717) is 31.1 Å². The van der Waals surface area contributed by atoms with Gasteiger partial charge in [0.2, 0.25) is 0 Å². The van der Waals surface area contributed by atoms with E-state index in [4.69, 9.17) is 9.72 Å². The third kappa shape index (κ3) is 4.48. The number of rotatable bonds is 6. The highest BCUT2D eigenvalue weighted by Crippen LogP contribution is 2.45.